The number of likely N-dealkylation sites (tertiary alicyclic amines) is 1. The maximum Gasteiger partial charge on any atom is 0.270 e. The lowest BCUT2D eigenvalue weighted by Crippen LogP contribution is -2.44. The van der Waals surface area contributed by atoms with E-state index < -0.39 is 0 Å². The number of carbonyl (C=O) groups excluding carboxylic acids is 1. The molecule has 2 aliphatic rings. The number of aryl methyl sites for hydroxylation is 1. The van der Waals surface area contributed by atoms with Crippen LogP contribution in [0.5, 0.6) is 0 Å². The van der Waals surface area contributed by atoms with E-state index in [1.165, 1.54) is 0 Å². The second kappa shape index (κ2) is 5.81. The van der Waals surface area contributed by atoms with Crippen molar-refractivity contribution in [2.75, 3.05) is 33.4 Å². The summed E-state index contributed by atoms with van der Waals surface area (Å²) in [6.07, 6.45) is 5.27. The van der Waals surface area contributed by atoms with Gasteiger partial charge in [0.2, 0.25) is 0 Å². The zero-order valence-electron chi connectivity index (χ0n) is 12.9. The van der Waals surface area contributed by atoms with E-state index in [1.54, 1.807) is 7.11 Å². The third-order valence-corrected chi connectivity index (χ3v) is 4.91. The summed E-state index contributed by atoms with van der Waals surface area (Å²) in [6.45, 7) is 3.14. The average Bonchev–Trinajstić information content (AvgIpc) is 3.07. The van der Waals surface area contributed by atoms with Crippen molar-refractivity contribution in [3.8, 4) is 0 Å². The molecule has 5 heteroatoms. The van der Waals surface area contributed by atoms with Crippen molar-refractivity contribution in [2.24, 2.45) is 12.5 Å². The maximum absolute atomic E-state index is 12.5. The fourth-order valence-corrected chi connectivity index (χ4v) is 3.57. The van der Waals surface area contributed by atoms with Crippen LogP contribution >= 0.6 is 0 Å². The van der Waals surface area contributed by atoms with Crippen LogP contribution in [0.2, 0.25) is 0 Å². The van der Waals surface area contributed by atoms with Gasteiger partial charge in [0.05, 0.1) is 19.3 Å². The first kappa shape index (κ1) is 14.6. The van der Waals surface area contributed by atoms with E-state index in [4.69, 9.17) is 9.47 Å². The summed E-state index contributed by atoms with van der Waals surface area (Å²) in [5.74, 6) is 0.143. The second-order valence-electron chi connectivity index (χ2n) is 6.39. The molecular weight excluding hydrogens is 268 g/mol. The van der Waals surface area contributed by atoms with Gasteiger partial charge in [-0.3, -0.25) is 4.79 Å². The fraction of sp³-hybridized carbons (Fsp3) is 0.688. The number of hydrogen-bond acceptors (Lipinski definition) is 3. The largest absolute Gasteiger partial charge is 0.382 e. The molecule has 0 aromatic carbocycles. The zero-order valence-corrected chi connectivity index (χ0v) is 12.9. The van der Waals surface area contributed by atoms with E-state index in [0.29, 0.717) is 6.61 Å². The Morgan fingerprint density at radius 2 is 2.24 bits per heavy atom. The molecule has 0 aliphatic carbocycles. The summed E-state index contributed by atoms with van der Waals surface area (Å²) in [7, 11) is 3.63. The number of aromatic nitrogens is 1. The van der Waals surface area contributed by atoms with Crippen molar-refractivity contribution >= 4 is 5.91 Å². The predicted molar refractivity (Wildman–Crippen MR) is 79.2 cm³/mol. The molecule has 1 aromatic heterocycles. The Bertz CT molecular complexity index is 503. The first-order valence-corrected chi connectivity index (χ1v) is 7.65. The highest BCUT2D eigenvalue weighted by atomic mass is 16.5. The highest BCUT2D eigenvalue weighted by Gasteiger charge is 2.43. The van der Waals surface area contributed by atoms with Crippen LogP contribution in [-0.4, -0.2) is 54.9 Å². The molecule has 0 radical (unpaired) electrons. The van der Waals surface area contributed by atoms with Crippen molar-refractivity contribution in [3.05, 3.63) is 24.0 Å². The number of amides is 1. The van der Waals surface area contributed by atoms with Crippen LogP contribution in [0.4, 0.5) is 0 Å². The quantitative estimate of drug-likeness (QED) is 0.851. The molecule has 1 unspecified atom stereocenters. The number of piperidine rings is 1. The molecule has 1 amide bonds. The molecule has 1 aromatic rings. The van der Waals surface area contributed by atoms with Gasteiger partial charge in [-0.2, -0.15) is 0 Å². The summed E-state index contributed by atoms with van der Waals surface area (Å²) in [6, 6.07) is 3.80. The van der Waals surface area contributed by atoms with Crippen molar-refractivity contribution < 1.29 is 14.3 Å². The van der Waals surface area contributed by atoms with E-state index >= 15 is 0 Å². The average molecular weight is 292 g/mol. The standard InChI is InChI=1S/C16H24N2O3/c1-17-7-3-4-14(17)15(19)18-8-5-16(6-9-18)10-13(11-20-2)21-12-16/h3-4,7,13H,5-6,8-12H2,1-2H3. The van der Waals surface area contributed by atoms with Gasteiger partial charge in [-0.25, -0.2) is 0 Å². The van der Waals surface area contributed by atoms with E-state index in [0.717, 1.165) is 44.7 Å². The molecule has 0 N–H and O–H groups in total. The molecule has 0 saturated carbocycles. The molecule has 5 nitrogen and oxygen atoms in total. The van der Waals surface area contributed by atoms with Gasteiger partial charge in [0.15, 0.2) is 0 Å². The molecule has 1 spiro atoms. The van der Waals surface area contributed by atoms with Crippen molar-refractivity contribution in [1.82, 2.24) is 9.47 Å². The lowest BCUT2D eigenvalue weighted by Gasteiger charge is -2.38. The Labute approximate surface area is 125 Å². The number of ether oxygens (including phenoxy) is 2. The number of hydrogen-bond donors (Lipinski definition) is 0. The second-order valence-corrected chi connectivity index (χ2v) is 6.39. The normalized spacial score (nSPS) is 24.7. The van der Waals surface area contributed by atoms with Crippen LogP contribution in [-0.2, 0) is 16.5 Å². The lowest BCUT2D eigenvalue weighted by molar-refractivity contribution is 0.0280. The van der Waals surface area contributed by atoms with Gasteiger partial charge in [0, 0.05) is 33.4 Å². The van der Waals surface area contributed by atoms with Gasteiger partial charge < -0.3 is 18.9 Å². The Balaban J connectivity index is 1.58. The third kappa shape index (κ3) is 2.85. The van der Waals surface area contributed by atoms with Crippen LogP contribution in [0.3, 0.4) is 0 Å². The summed E-state index contributed by atoms with van der Waals surface area (Å²) < 4.78 is 12.9. The molecule has 1 atom stereocenters. The molecule has 0 bridgehead atoms. The maximum atomic E-state index is 12.5. The Morgan fingerprint density at radius 3 is 2.86 bits per heavy atom. The van der Waals surface area contributed by atoms with Gasteiger partial charge in [-0.05, 0) is 36.8 Å². The minimum Gasteiger partial charge on any atom is -0.382 e. The highest BCUT2D eigenvalue weighted by Crippen LogP contribution is 2.42. The van der Waals surface area contributed by atoms with Gasteiger partial charge in [-0.15, -0.1) is 0 Å². The highest BCUT2D eigenvalue weighted by molar-refractivity contribution is 5.92. The SMILES string of the molecule is COCC1CC2(CCN(C(=O)c3cccn3C)CC2)CO1. The van der Waals surface area contributed by atoms with E-state index in [9.17, 15) is 4.79 Å². The predicted octanol–water partition coefficient (Wildman–Crippen LogP) is 1.68. The first-order valence-electron chi connectivity index (χ1n) is 7.65. The molecule has 2 saturated heterocycles. The van der Waals surface area contributed by atoms with E-state index in [1.807, 2.05) is 34.8 Å². The number of methoxy groups -OCH3 is 1. The van der Waals surface area contributed by atoms with Gasteiger partial charge in [-0.1, -0.05) is 0 Å². The zero-order chi connectivity index (χ0) is 14.9. The number of nitrogens with zero attached hydrogens (tertiary/aromatic N) is 2. The third-order valence-electron chi connectivity index (χ3n) is 4.91. The van der Waals surface area contributed by atoms with Gasteiger partial charge in [0.1, 0.15) is 5.69 Å². The molecule has 116 valence electrons. The smallest absolute Gasteiger partial charge is 0.270 e. The molecule has 21 heavy (non-hydrogen) atoms. The van der Waals surface area contributed by atoms with Crippen molar-refractivity contribution in [2.45, 2.75) is 25.4 Å². The van der Waals surface area contributed by atoms with E-state index in [2.05, 4.69) is 0 Å². The summed E-state index contributed by atoms with van der Waals surface area (Å²) >= 11 is 0. The number of rotatable bonds is 3. The summed E-state index contributed by atoms with van der Waals surface area (Å²) in [5, 5.41) is 0. The molecule has 2 aliphatic heterocycles. The van der Waals surface area contributed by atoms with Crippen LogP contribution in [0.15, 0.2) is 18.3 Å². The molecule has 3 rings (SSSR count). The molecular formula is C16H24N2O3. The Kier molecular flexibility index (Phi) is 4.04. The van der Waals surface area contributed by atoms with Crippen molar-refractivity contribution in [3.63, 3.8) is 0 Å². The van der Waals surface area contributed by atoms with Crippen LogP contribution in [0.1, 0.15) is 29.8 Å². The van der Waals surface area contributed by atoms with Gasteiger partial charge in [0.25, 0.3) is 5.91 Å². The fourth-order valence-electron chi connectivity index (χ4n) is 3.57. The Morgan fingerprint density at radius 1 is 1.48 bits per heavy atom. The topological polar surface area (TPSA) is 43.7 Å². The summed E-state index contributed by atoms with van der Waals surface area (Å²) in [5.41, 5.74) is 1.03. The van der Waals surface area contributed by atoms with Crippen LogP contribution < -0.4 is 0 Å². The minimum atomic E-state index is 0.143. The minimum absolute atomic E-state index is 0.143. The van der Waals surface area contributed by atoms with Gasteiger partial charge >= 0.3 is 0 Å². The Hall–Kier alpha value is -1.33. The monoisotopic (exact) mass is 292 g/mol. The molecule has 3 heterocycles. The van der Waals surface area contributed by atoms with Crippen LogP contribution in [0.25, 0.3) is 0 Å². The lowest BCUT2D eigenvalue weighted by atomic mass is 9.76. The first-order chi connectivity index (χ1) is 10.1. The number of carbonyl (C=O) groups is 1. The van der Waals surface area contributed by atoms with Crippen molar-refractivity contribution in [1.29, 1.82) is 0 Å². The van der Waals surface area contributed by atoms with E-state index in [-0.39, 0.29) is 17.4 Å². The van der Waals surface area contributed by atoms with Crippen LogP contribution in [0, 0.1) is 5.41 Å². The summed E-state index contributed by atoms with van der Waals surface area (Å²) in [4.78, 5) is 14.5. The molecule has 2 fully saturated rings.